The number of carbonyl (C=O) groups is 1. The van der Waals surface area contributed by atoms with E-state index in [0.29, 0.717) is 6.54 Å². The number of carbonyl (C=O) groups excluding carboxylic acids is 1. The van der Waals surface area contributed by atoms with E-state index < -0.39 is 0 Å². The van der Waals surface area contributed by atoms with E-state index in [-0.39, 0.29) is 16.8 Å². The summed E-state index contributed by atoms with van der Waals surface area (Å²) in [6, 6.07) is 0. The van der Waals surface area contributed by atoms with Gasteiger partial charge in [-0.05, 0) is 19.3 Å². The second kappa shape index (κ2) is 8.63. The minimum atomic E-state index is -0.325. The highest BCUT2D eigenvalue weighted by Crippen LogP contribution is 2.07. The number of thiocarbonyl (C=S) groups is 1. The van der Waals surface area contributed by atoms with Gasteiger partial charge in [-0.1, -0.05) is 25.6 Å². The minimum absolute atomic E-state index is 0.0445. The van der Waals surface area contributed by atoms with E-state index >= 15 is 0 Å². The SMILES string of the molecule is CCCC(C(=O)NCCCCn1ccnc1)C(N)=S. The maximum Gasteiger partial charge on any atom is 0.229 e. The Morgan fingerprint density at radius 3 is 2.89 bits per heavy atom. The highest BCUT2D eigenvalue weighted by Gasteiger charge is 2.19. The molecule has 1 heterocycles. The second-order valence-electron chi connectivity index (χ2n) is 4.54. The van der Waals surface area contributed by atoms with Crippen molar-refractivity contribution in [3.8, 4) is 0 Å². The lowest BCUT2D eigenvalue weighted by Crippen LogP contribution is -2.38. The predicted octanol–water partition coefficient (Wildman–Crippen LogP) is 1.48. The van der Waals surface area contributed by atoms with Gasteiger partial charge in [0, 0.05) is 25.5 Å². The lowest BCUT2D eigenvalue weighted by molar-refractivity contribution is -0.123. The zero-order chi connectivity index (χ0) is 14.1. The second-order valence-corrected chi connectivity index (χ2v) is 5.01. The molecule has 1 amide bonds. The van der Waals surface area contributed by atoms with Crippen LogP contribution in [0.25, 0.3) is 0 Å². The molecule has 0 spiro atoms. The number of hydrogen-bond donors (Lipinski definition) is 2. The summed E-state index contributed by atoms with van der Waals surface area (Å²) in [6.07, 6.45) is 9.04. The Kier molecular flexibility index (Phi) is 7.10. The van der Waals surface area contributed by atoms with E-state index in [1.165, 1.54) is 0 Å². The number of nitrogens with one attached hydrogen (secondary N) is 1. The summed E-state index contributed by atoms with van der Waals surface area (Å²) >= 11 is 4.92. The van der Waals surface area contributed by atoms with E-state index in [2.05, 4.69) is 10.3 Å². The molecule has 0 radical (unpaired) electrons. The monoisotopic (exact) mass is 282 g/mol. The Labute approximate surface area is 119 Å². The molecule has 5 nitrogen and oxygen atoms in total. The van der Waals surface area contributed by atoms with Crippen LogP contribution in [-0.2, 0) is 11.3 Å². The Morgan fingerprint density at radius 2 is 2.32 bits per heavy atom. The minimum Gasteiger partial charge on any atom is -0.393 e. The first kappa shape index (κ1) is 15.6. The van der Waals surface area contributed by atoms with Crippen LogP contribution in [0, 0.1) is 5.92 Å². The van der Waals surface area contributed by atoms with Gasteiger partial charge >= 0.3 is 0 Å². The molecule has 0 aliphatic carbocycles. The maximum atomic E-state index is 11.9. The van der Waals surface area contributed by atoms with Crippen molar-refractivity contribution in [1.82, 2.24) is 14.9 Å². The van der Waals surface area contributed by atoms with E-state index in [1.807, 2.05) is 17.7 Å². The Bertz CT molecular complexity index is 391. The molecule has 1 atom stereocenters. The van der Waals surface area contributed by atoms with Crippen molar-refractivity contribution in [2.75, 3.05) is 6.54 Å². The maximum absolute atomic E-state index is 11.9. The molecule has 0 aliphatic rings. The normalized spacial score (nSPS) is 12.1. The molecular weight excluding hydrogens is 260 g/mol. The lowest BCUT2D eigenvalue weighted by atomic mass is 10.0. The van der Waals surface area contributed by atoms with Crippen LogP contribution in [-0.4, -0.2) is 27.0 Å². The number of unbranched alkanes of at least 4 members (excludes halogenated alkanes) is 1. The highest BCUT2D eigenvalue weighted by atomic mass is 32.1. The third kappa shape index (κ3) is 5.83. The molecule has 0 bridgehead atoms. The van der Waals surface area contributed by atoms with Gasteiger partial charge in [-0.15, -0.1) is 0 Å². The Balaban J connectivity index is 2.17. The zero-order valence-corrected chi connectivity index (χ0v) is 12.2. The van der Waals surface area contributed by atoms with Gasteiger partial charge in [0.2, 0.25) is 5.91 Å². The van der Waals surface area contributed by atoms with E-state index in [4.69, 9.17) is 18.0 Å². The number of hydrogen-bond acceptors (Lipinski definition) is 3. The average molecular weight is 282 g/mol. The smallest absolute Gasteiger partial charge is 0.229 e. The van der Waals surface area contributed by atoms with Crippen LogP contribution in [0.15, 0.2) is 18.7 Å². The number of imidazole rings is 1. The molecule has 0 fully saturated rings. The van der Waals surface area contributed by atoms with Crippen molar-refractivity contribution in [2.45, 2.75) is 39.2 Å². The molecule has 1 aromatic rings. The van der Waals surface area contributed by atoms with Gasteiger partial charge in [0.15, 0.2) is 0 Å². The number of amides is 1. The van der Waals surface area contributed by atoms with Gasteiger partial charge in [-0.25, -0.2) is 4.98 Å². The van der Waals surface area contributed by atoms with Crippen LogP contribution >= 0.6 is 12.2 Å². The Morgan fingerprint density at radius 1 is 1.53 bits per heavy atom. The molecule has 1 aromatic heterocycles. The fourth-order valence-corrected chi connectivity index (χ4v) is 2.09. The molecule has 19 heavy (non-hydrogen) atoms. The molecule has 3 N–H and O–H groups in total. The van der Waals surface area contributed by atoms with Crippen molar-refractivity contribution in [1.29, 1.82) is 0 Å². The van der Waals surface area contributed by atoms with Crippen molar-refractivity contribution >= 4 is 23.1 Å². The van der Waals surface area contributed by atoms with Gasteiger partial charge in [0.1, 0.15) is 0 Å². The third-order valence-corrected chi connectivity index (χ3v) is 3.22. The summed E-state index contributed by atoms with van der Waals surface area (Å²) in [5.41, 5.74) is 5.58. The topological polar surface area (TPSA) is 72.9 Å². The fraction of sp³-hybridized carbons (Fsp3) is 0.615. The summed E-state index contributed by atoms with van der Waals surface area (Å²) in [7, 11) is 0. The number of nitrogens with zero attached hydrogens (tertiary/aromatic N) is 2. The highest BCUT2D eigenvalue weighted by molar-refractivity contribution is 7.80. The van der Waals surface area contributed by atoms with Crippen LogP contribution in [0.4, 0.5) is 0 Å². The van der Waals surface area contributed by atoms with Crippen LogP contribution in [0.3, 0.4) is 0 Å². The van der Waals surface area contributed by atoms with Crippen LogP contribution in [0.5, 0.6) is 0 Å². The summed E-state index contributed by atoms with van der Waals surface area (Å²) in [6.45, 7) is 3.60. The first-order valence-electron chi connectivity index (χ1n) is 6.68. The largest absolute Gasteiger partial charge is 0.393 e. The first-order valence-corrected chi connectivity index (χ1v) is 7.08. The molecule has 0 aromatic carbocycles. The van der Waals surface area contributed by atoms with Crippen molar-refractivity contribution in [2.24, 2.45) is 11.7 Å². The van der Waals surface area contributed by atoms with Gasteiger partial charge < -0.3 is 15.6 Å². The predicted molar refractivity (Wildman–Crippen MR) is 79.7 cm³/mol. The van der Waals surface area contributed by atoms with Crippen molar-refractivity contribution in [3.05, 3.63) is 18.7 Å². The van der Waals surface area contributed by atoms with Crippen LogP contribution in [0.1, 0.15) is 32.6 Å². The quantitative estimate of drug-likeness (QED) is 0.531. The Hall–Kier alpha value is -1.43. The standard InChI is InChI=1S/C13H22N4OS/c1-2-5-11(12(14)19)13(18)16-6-3-4-8-17-9-7-15-10-17/h7,9-11H,2-6,8H2,1H3,(H2,14,19)(H,16,18). The first-order chi connectivity index (χ1) is 9.15. The molecule has 0 saturated heterocycles. The molecule has 0 saturated carbocycles. The van der Waals surface area contributed by atoms with Crippen LogP contribution < -0.4 is 11.1 Å². The third-order valence-electron chi connectivity index (χ3n) is 2.94. The molecular formula is C13H22N4OS. The van der Waals surface area contributed by atoms with Gasteiger partial charge in [-0.3, -0.25) is 4.79 Å². The van der Waals surface area contributed by atoms with Gasteiger partial charge in [0.05, 0.1) is 17.2 Å². The van der Waals surface area contributed by atoms with Gasteiger partial charge in [-0.2, -0.15) is 0 Å². The van der Waals surface area contributed by atoms with Crippen LogP contribution in [0.2, 0.25) is 0 Å². The fourth-order valence-electron chi connectivity index (χ4n) is 1.86. The summed E-state index contributed by atoms with van der Waals surface area (Å²) < 4.78 is 2.02. The lowest BCUT2D eigenvalue weighted by Gasteiger charge is -2.14. The molecule has 1 rings (SSSR count). The average Bonchev–Trinajstić information content (AvgIpc) is 2.88. The van der Waals surface area contributed by atoms with Crippen molar-refractivity contribution in [3.63, 3.8) is 0 Å². The number of aromatic nitrogens is 2. The molecule has 1 unspecified atom stereocenters. The summed E-state index contributed by atoms with van der Waals surface area (Å²) in [5.74, 6) is -0.370. The van der Waals surface area contributed by atoms with E-state index in [9.17, 15) is 4.79 Å². The molecule has 106 valence electrons. The number of aryl methyl sites for hydroxylation is 1. The summed E-state index contributed by atoms with van der Waals surface area (Å²) in [4.78, 5) is 16.1. The molecule has 6 heteroatoms. The summed E-state index contributed by atoms with van der Waals surface area (Å²) in [5, 5.41) is 2.90. The van der Waals surface area contributed by atoms with Gasteiger partial charge in [0.25, 0.3) is 0 Å². The zero-order valence-electron chi connectivity index (χ0n) is 11.3. The van der Waals surface area contributed by atoms with E-state index in [0.717, 1.165) is 32.2 Å². The van der Waals surface area contributed by atoms with E-state index in [1.54, 1.807) is 12.5 Å². The van der Waals surface area contributed by atoms with Crippen molar-refractivity contribution < 1.29 is 4.79 Å². The molecule has 0 aliphatic heterocycles. The number of rotatable bonds is 9. The number of nitrogens with two attached hydrogens (primary N) is 1.